The predicted octanol–water partition coefficient (Wildman–Crippen LogP) is 4.56. The average Bonchev–Trinajstić information content (AvgIpc) is 2.45. The predicted molar refractivity (Wildman–Crippen MR) is 94.6 cm³/mol. The monoisotopic (exact) mass is 304 g/mol. The molecule has 0 bridgehead atoms. The zero-order valence-electron chi connectivity index (χ0n) is 14.8. The first-order valence-electron chi connectivity index (χ1n) is 8.16. The molecule has 124 valence electrons. The lowest BCUT2D eigenvalue weighted by Crippen LogP contribution is -2.30. The highest BCUT2D eigenvalue weighted by molar-refractivity contribution is 5.35. The van der Waals surface area contributed by atoms with Crippen LogP contribution in [0.5, 0.6) is 0 Å². The van der Waals surface area contributed by atoms with Crippen LogP contribution in [0.25, 0.3) is 0 Å². The van der Waals surface area contributed by atoms with Gasteiger partial charge in [0.25, 0.3) is 0 Å². The Kier molecular flexibility index (Phi) is 6.39. The number of hydrogen-bond acceptors (Lipinski definition) is 2. The summed E-state index contributed by atoms with van der Waals surface area (Å²) in [6, 6.07) is 0. The summed E-state index contributed by atoms with van der Waals surface area (Å²) in [6.07, 6.45) is 10.9. The molecule has 22 heavy (non-hydrogen) atoms. The van der Waals surface area contributed by atoms with Gasteiger partial charge < -0.3 is 10.2 Å². The van der Waals surface area contributed by atoms with E-state index in [1.54, 1.807) is 13.0 Å². The number of hydrogen-bond donors (Lipinski definition) is 2. The Morgan fingerprint density at radius 1 is 1.45 bits per heavy atom. The van der Waals surface area contributed by atoms with Crippen LogP contribution < -0.4 is 0 Å². The fourth-order valence-electron chi connectivity index (χ4n) is 3.15. The van der Waals surface area contributed by atoms with Crippen molar-refractivity contribution in [1.29, 1.82) is 0 Å². The van der Waals surface area contributed by atoms with Crippen LogP contribution in [-0.4, -0.2) is 22.4 Å². The fraction of sp³-hybridized carbons (Fsp3) is 0.600. The van der Waals surface area contributed by atoms with Gasteiger partial charge in [-0.15, -0.1) is 0 Å². The normalized spacial score (nSPS) is 25.4. The van der Waals surface area contributed by atoms with Crippen LogP contribution in [0.4, 0.5) is 0 Å². The Bertz CT molecular complexity index is 490. The average molecular weight is 304 g/mol. The molecule has 0 fully saturated rings. The SMILES string of the molecule is C=CC(C)(O)/C=C/C1=C(C)CCC(C/C=C(\C)CO)C1(C)C. The van der Waals surface area contributed by atoms with Crippen molar-refractivity contribution in [1.82, 2.24) is 0 Å². The van der Waals surface area contributed by atoms with Crippen LogP contribution in [0.3, 0.4) is 0 Å². The minimum absolute atomic E-state index is 0.0579. The van der Waals surface area contributed by atoms with Gasteiger partial charge in [0.15, 0.2) is 0 Å². The number of allylic oxidation sites excluding steroid dienone is 4. The van der Waals surface area contributed by atoms with Crippen molar-refractivity contribution in [2.75, 3.05) is 6.61 Å². The van der Waals surface area contributed by atoms with E-state index in [0.29, 0.717) is 5.92 Å². The molecular weight excluding hydrogens is 272 g/mol. The Hall–Kier alpha value is -1.12. The van der Waals surface area contributed by atoms with E-state index in [-0.39, 0.29) is 12.0 Å². The van der Waals surface area contributed by atoms with Gasteiger partial charge in [-0.25, -0.2) is 0 Å². The van der Waals surface area contributed by atoms with Crippen molar-refractivity contribution in [2.45, 2.75) is 59.5 Å². The highest BCUT2D eigenvalue weighted by Crippen LogP contribution is 2.47. The Labute approximate surface area is 135 Å². The molecule has 1 rings (SSSR count). The van der Waals surface area contributed by atoms with Crippen LogP contribution in [-0.2, 0) is 0 Å². The summed E-state index contributed by atoms with van der Waals surface area (Å²) in [5.41, 5.74) is 2.85. The van der Waals surface area contributed by atoms with Crippen molar-refractivity contribution in [2.24, 2.45) is 11.3 Å². The zero-order valence-corrected chi connectivity index (χ0v) is 14.8. The summed E-state index contributed by atoms with van der Waals surface area (Å²) >= 11 is 0. The standard InChI is InChI=1S/C20H32O2/c1-7-20(6,22)13-12-18-16(3)9-11-17(19(18,4)5)10-8-15(2)14-21/h7-8,12-13,17,21-22H,1,9-11,14H2,2-6H3/b13-12+,15-8+. The first-order chi connectivity index (χ1) is 10.1. The summed E-state index contributed by atoms with van der Waals surface area (Å²) in [6.45, 7) is 14.3. The molecule has 2 heteroatoms. The van der Waals surface area contributed by atoms with Crippen molar-refractivity contribution < 1.29 is 10.2 Å². The van der Waals surface area contributed by atoms with Crippen LogP contribution in [0.2, 0.25) is 0 Å². The zero-order chi connectivity index (χ0) is 17.0. The van der Waals surface area contributed by atoms with Gasteiger partial charge in [0.05, 0.1) is 12.2 Å². The highest BCUT2D eigenvalue weighted by atomic mass is 16.3. The largest absolute Gasteiger partial charge is 0.392 e. The van der Waals surface area contributed by atoms with Crippen molar-refractivity contribution in [3.8, 4) is 0 Å². The molecule has 0 spiro atoms. The van der Waals surface area contributed by atoms with Crippen molar-refractivity contribution in [3.05, 3.63) is 47.6 Å². The summed E-state index contributed by atoms with van der Waals surface area (Å²) in [5, 5.41) is 19.3. The highest BCUT2D eigenvalue weighted by Gasteiger charge is 2.35. The minimum Gasteiger partial charge on any atom is -0.392 e. The molecule has 0 radical (unpaired) electrons. The van der Waals surface area contributed by atoms with Crippen molar-refractivity contribution in [3.63, 3.8) is 0 Å². The molecule has 2 nitrogen and oxygen atoms in total. The van der Waals surface area contributed by atoms with Gasteiger partial charge in [0.2, 0.25) is 0 Å². The second kappa shape index (κ2) is 7.43. The van der Waals surface area contributed by atoms with Gasteiger partial charge in [-0.1, -0.05) is 49.8 Å². The molecule has 1 aliphatic rings. The van der Waals surface area contributed by atoms with E-state index in [1.165, 1.54) is 17.6 Å². The molecular formula is C20H32O2. The molecule has 0 amide bonds. The Morgan fingerprint density at radius 3 is 2.64 bits per heavy atom. The maximum Gasteiger partial charge on any atom is 0.0981 e. The van der Waals surface area contributed by atoms with E-state index >= 15 is 0 Å². The van der Waals surface area contributed by atoms with Gasteiger partial charge in [0.1, 0.15) is 0 Å². The van der Waals surface area contributed by atoms with Gasteiger partial charge in [-0.3, -0.25) is 0 Å². The summed E-state index contributed by atoms with van der Waals surface area (Å²) in [7, 11) is 0. The molecule has 0 aromatic rings. The maximum atomic E-state index is 10.1. The molecule has 0 aromatic carbocycles. The topological polar surface area (TPSA) is 40.5 Å². The molecule has 0 saturated carbocycles. The van der Waals surface area contributed by atoms with Gasteiger partial charge in [-0.2, -0.15) is 0 Å². The molecule has 0 aliphatic heterocycles. The lowest BCUT2D eigenvalue weighted by Gasteiger charge is -2.41. The van der Waals surface area contributed by atoms with Crippen LogP contribution in [0, 0.1) is 11.3 Å². The van der Waals surface area contributed by atoms with E-state index in [0.717, 1.165) is 18.4 Å². The first-order valence-corrected chi connectivity index (χ1v) is 8.16. The van der Waals surface area contributed by atoms with Gasteiger partial charge in [-0.05, 0) is 63.0 Å². The van der Waals surface area contributed by atoms with Gasteiger partial charge in [0, 0.05) is 0 Å². The van der Waals surface area contributed by atoms with E-state index in [1.807, 2.05) is 13.0 Å². The van der Waals surface area contributed by atoms with E-state index in [9.17, 15) is 5.11 Å². The molecule has 0 heterocycles. The van der Waals surface area contributed by atoms with E-state index < -0.39 is 5.60 Å². The second-order valence-corrected chi connectivity index (χ2v) is 7.36. The lowest BCUT2D eigenvalue weighted by atomic mass is 9.64. The Balaban J connectivity index is 3.03. The number of aliphatic hydroxyl groups excluding tert-OH is 1. The fourth-order valence-corrected chi connectivity index (χ4v) is 3.15. The minimum atomic E-state index is -0.969. The summed E-state index contributed by atoms with van der Waals surface area (Å²) in [5.74, 6) is 0.547. The third-order valence-electron chi connectivity index (χ3n) is 5.04. The third kappa shape index (κ3) is 4.69. The van der Waals surface area contributed by atoms with Crippen LogP contribution in [0.1, 0.15) is 53.9 Å². The number of rotatable bonds is 6. The summed E-state index contributed by atoms with van der Waals surface area (Å²) in [4.78, 5) is 0. The Morgan fingerprint density at radius 2 is 2.09 bits per heavy atom. The maximum absolute atomic E-state index is 10.1. The first kappa shape index (κ1) is 18.9. The van der Waals surface area contributed by atoms with Crippen molar-refractivity contribution >= 4 is 0 Å². The number of aliphatic hydroxyl groups is 2. The molecule has 0 aromatic heterocycles. The molecule has 0 saturated heterocycles. The molecule has 2 unspecified atom stereocenters. The van der Waals surface area contributed by atoms with Crippen LogP contribution >= 0.6 is 0 Å². The molecule has 1 aliphatic carbocycles. The third-order valence-corrected chi connectivity index (χ3v) is 5.04. The lowest BCUT2D eigenvalue weighted by molar-refractivity contribution is 0.164. The molecule has 2 N–H and O–H groups in total. The van der Waals surface area contributed by atoms with Gasteiger partial charge >= 0.3 is 0 Å². The van der Waals surface area contributed by atoms with E-state index in [2.05, 4.69) is 39.5 Å². The van der Waals surface area contributed by atoms with Crippen LogP contribution in [0.15, 0.2) is 47.6 Å². The molecule has 2 atom stereocenters. The second-order valence-electron chi connectivity index (χ2n) is 7.36. The quantitative estimate of drug-likeness (QED) is 0.706. The smallest absolute Gasteiger partial charge is 0.0981 e. The van der Waals surface area contributed by atoms with E-state index in [4.69, 9.17) is 5.11 Å². The summed E-state index contributed by atoms with van der Waals surface area (Å²) < 4.78 is 0.